The van der Waals surface area contributed by atoms with E-state index in [1.807, 2.05) is 31.5 Å². The first kappa shape index (κ1) is 7.72. The second-order valence-corrected chi connectivity index (χ2v) is 2.52. The van der Waals surface area contributed by atoms with Crippen molar-refractivity contribution in [3.05, 3.63) is 30.1 Å². The molecule has 1 rings (SSSR count). The number of carbonyl (C=O) groups excluding carboxylic acids is 1. The van der Waals surface area contributed by atoms with Crippen molar-refractivity contribution in [3.8, 4) is 0 Å². The molecule has 0 aromatic carbocycles. The summed E-state index contributed by atoms with van der Waals surface area (Å²) < 4.78 is 1.76. The number of pyridine rings is 1. The molecule has 2 N–H and O–H groups in total. The van der Waals surface area contributed by atoms with Crippen molar-refractivity contribution in [2.75, 3.05) is 0 Å². The van der Waals surface area contributed by atoms with Crippen molar-refractivity contribution in [2.24, 2.45) is 5.73 Å². The molecule has 0 bridgehead atoms. The minimum absolute atomic E-state index is 0.252. The van der Waals surface area contributed by atoms with E-state index < -0.39 is 0 Å². The van der Waals surface area contributed by atoms with Gasteiger partial charge in [0, 0.05) is 11.6 Å². The van der Waals surface area contributed by atoms with Crippen LogP contribution in [0.4, 0.5) is 0 Å². The zero-order valence-electron chi connectivity index (χ0n) is 6.45. The maximum Gasteiger partial charge on any atom is 0.283 e. The van der Waals surface area contributed by atoms with Gasteiger partial charge < -0.3 is 5.73 Å². The van der Waals surface area contributed by atoms with E-state index in [2.05, 4.69) is 0 Å². The molecule has 1 amide bonds. The predicted octanol–water partition coefficient (Wildman–Crippen LogP) is -0.232. The average Bonchev–Trinajstić information content (AvgIpc) is 1.85. The number of hydrogen-bond acceptors (Lipinski definition) is 1. The fraction of sp³-hybridized carbons (Fsp3) is 0.250. The van der Waals surface area contributed by atoms with Gasteiger partial charge in [-0.2, -0.15) is 4.57 Å². The largest absolute Gasteiger partial charge is 0.364 e. The van der Waals surface area contributed by atoms with Crippen molar-refractivity contribution < 1.29 is 9.36 Å². The Bertz CT molecular complexity index is 271. The number of nitrogens with two attached hydrogens (primary N) is 1. The molecule has 0 fully saturated rings. The van der Waals surface area contributed by atoms with Crippen molar-refractivity contribution >= 4 is 5.91 Å². The van der Waals surface area contributed by atoms with Crippen LogP contribution in [0.3, 0.4) is 0 Å². The van der Waals surface area contributed by atoms with Crippen molar-refractivity contribution in [1.29, 1.82) is 0 Å². The van der Waals surface area contributed by atoms with Crippen LogP contribution < -0.4 is 10.3 Å². The van der Waals surface area contributed by atoms with Gasteiger partial charge in [-0.15, -0.1) is 0 Å². The van der Waals surface area contributed by atoms with Crippen LogP contribution in [-0.4, -0.2) is 5.91 Å². The minimum atomic E-state index is -0.319. The van der Waals surface area contributed by atoms with Crippen LogP contribution in [0, 0.1) is 6.92 Å². The quantitative estimate of drug-likeness (QED) is 0.583. The highest BCUT2D eigenvalue weighted by Gasteiger charge is 2.03. The van der Waals surface area contributed by atoms with Gasteiger partial charge in [0.2, 0.25) is 6.54 Å². The lowest BCUT2D eigenvalue weighted by atomic mass is 10.3. The van der Waals surface area contributed by atoms with Crippen molar-refractivity contribution in [1.82, 2.24) is 0 Å². The summed E-state index contributed by atoms with van der Waals surface area (Å²) in [5.41, 5.74) is 6.13. The van der Waals surface area contributed by atoms with Gasteiger partial charge in [0.05, 0.1) is 0 Å². The normalized spacial score (nSPS) is 9.55. The van der Waals surface area contributed by atoms with E-state index in [1.165, 1.54) is 0 Å². The lowest BCUT2D eigenvalue weighted by molar-refractivity contribution is -0.684. The van der Waals surface area contributed by atoms with E-state index in [4.69, 9.17) is 5.73 Å². The summed E-state index contributed by atoms with van der Waals surface area (Å²) in [5.74, 6) is -0.319. The smallest absolute Gasteiger partial charge is 0.283 e. The van der Waals surface area contributed by atoms with Gasteiger partial charge in [-0.25, -0.2) is 0 Å². The molecular formula is C8H11N2O+. The molecule has 1 aromatic rings. The highest BCUT2D eigenvalue weighted by molar-refractivity contribution is 5.72. The molecule has 3 nitrogen and oxygen atoms in total. The van der Waals surface area contributed by atoms with Crippen LogP contribution in [0.25, 0.3) is 0 Å². The van der Waals surface area contributed by atoms with Crippen molar-refractivity contribution in [3.63, 3.8) is 0 Å². The van der Waals surface area contributed by atoms with Gasteiger partial charge in [0.25, 0.3) is 5.91 Å². The first-order valence-electron chi connectivity index (χ1n) is 3.42. The highest BCUT2D eigenvalue weighted by Crippen LogP contribution is 1.88. The van der Waals surface area contributed by atoms with E-state index in [-0.39, 0.29) is 12.5 Å². The van der Waals surface area contributed by atoms with E-state index in [0.717, 1.165) is 5.56 Å². The maximum absolute atomic E-state index is 10.5. The second-order valence-electron chi connectivity index (χ2n) is 2.52. The number of amides is 1. The topological polar surface area (TPSA) is 47.0 Å². The Kier molecular flexibility index (Phi) is 2.21. The summed E-state index contributed by atoms with van der Waals surface area (Å²) in [6.45, 7) is 2.22. The Morgan fingerprint density at radius 3 is 3.00 bits per heavy atom. The van der Waals surface area contributed by atoms with Crippen LogP contribution in [0.2, 0.25) is 0 Å². The molecule has 0 unspecified atom stereocenters. The van der Waals surface area contributed by atoms with Gasteiger partial charge in [-0.3, -0.25) is 4.79 Å². The highest BCUT2D eigenvalue weighted by atomic mass is 16.1. The van der Waals surface area contributed by atoms with E-state index in [1.54, 1.807) is 4.57 Å². The molecular weight excluding hydrogens is 140 g/mol. The summed E-state index contributed by atoms with van der Waals surface area (Å²) in [6.07, 6.45) is 3.70. The molecule has 0 spiro atoms. The summed E-state index contributed by atoms with van der Waals surface area (Å²) in [7, 11) is 0. The van der Waals surface area contributed by atoms with E-state index in [9.17, 15) is 4.79 Å². The summed E-state index contributed by atoms with van der Waals surface area (Å²) >= 11 is 0. The molecule has 0 saturated heterocycles. The number of primary amides is 1. The van der Waals surface area contributed by atoms with Gasteiger partial charge in [-0.05, 0) is 13.0 Å². The molecule has 1 heterocycles. The average molecular weight is 151 g/mol. The van der Waals surface area contributed by atoms with Gasteiger partial charge in [0.15, 0.2) is 12.4 Å². The Hall–Kier alpha value is -1.38. The third-order valence-electron chi connectivity index (χ3n) is 1.34. The number of aromatic nitrogens is 1. The number of hydrogen-bond donors (Lipinski definition) is 1. The zero-order chi connectivity index (χ0) is 8.27. The standard InChI is InChI=1S/C8H10N2O/c1-7-3-2-4-10(5-7)6-8(9)11/h2-5H,6H2,1H3,(H-,9,11)/p+1. The predicted molar refractivity (Wildman–Crippen MR) is 40.6 cm³/mol. The molecule has 3 heteroatoms. The van der Waals surface area contributed by atoms with Crippen LogP contribution >= 0.6 is 0 Å². The van der Waals surface area contributed by atoms with E-state index in [0.29, 0.717) is 0 Å². The van der Waals surface area contributed by atoms with Crippen molar-refractivity contribution in [2.45, 2.75) is 13.5 Å². The zero-order valence-corrected chi connectivity index (χ0v) is 6.45. The molecule has 0 aliphatic heterocycles. The first-order chi connectivity index (χ1) is 5.18. The third-order valence-corrected chi connectivity index (χ3v) is 1.34. The fourth-order valence-corrected chi connectivity index (χ4v) is 0.931. The Morgan fingerprint density at radius 2 is 2.45 bits per heavy atom. The van der Waals surface area contributed by atoms with Crippen LogP contribution in [0.15, 0.2) is 24.5 Å². The van der Waals surface area contributed by atoms with Crippen LogP contribution in [-0.2, 0) is 11.3 Å². The molecule has 0 atom stereocenters. The number of rotatable bonds is 2. The fourth-order valence-electron chi connectivity index (χ4n) is 0.931. The lowest BCUT2D eigenvalue weighted by Crippen LogP contribution is -2.40. The number of carbonyl (C=O) groups is 1. The monoisotopic (exact) mass is 151 g/mol. The minimum Gasteiger partial charge on any atom is -0.364 e. The Morgan fingerprint density at radius 1 is 1.73 bits per heavy atom. The summed E-state index contributed by atoms with van der Waals surface area (Å²) in [6, 6.07) is 3.86. The maximum atomic E-state index is 10.5. The molecule has 1 aromatic heterocycles. The summed E-state index contributed by atoms with van der Waals surface area (Å²) in [4.78, 5) is 10.5. The molecule has 11 heavy (non-hydrogen) atoms. The molecule has 0 aliphatic rings. The van der Waals surface area contributed by atoms with Crippen LogP contribution in [0.1, 0.15) is 5.56 Å². The number of nitrogens with zero attached hydrogens (tertiary/aromatic N) is 1. The SMILES string of the molecule is Cc1ccc[n+](CC(N)=O)c1. The molecule has 0 radical (unpaired) electrons. The van der Waals surface area contributed by atoms with E-state index >= 15 is 0 Å². The Labute approximate surface area is 65.5 Å². The lowest BCUT2D eigenvalue weighted by Gasteiger charge is -1.92. The second kappa shape index (κ2) is 3.14. The van der Waals surface area contributed by atoms with Gasteiger partial charge >= 0.3 is 0 Å². The molecule has 0 aliphatic carbocycles. The summed E-state index contributed by atoms with van der Waals surface area (Å²) in [5, 5.41) is 0. The molecule has 58 valence electrons. The molecule has 0 saturated carbocycles. The third kappa shape index (κ3) is 2.37. The van der Waals surface area contributed by atoms with Crippen LogP contribution in [0.5, 0.6) is 0 Å². The number of aryl methyl sites for hydroxylation is 1. The first-order valence-corrected chi connectivity index (χ1v) is 3.42. The van der Waals surface area contributed by atoms with Gasteiger partial charge in [0.1, 0.15) is 0 Å². The Balaban J connectivity index is 2.79. The van der Waals surface area contributed by atoms with Gasteiger partial charge in [-0.1, -0.05) is 0 Å².